The van der Waals surface area contributed by atoms with Crippen molar-refractivity contribution in [2.75, 3.05) is 25.6 Å². The number of aromatic nitrogens is 2. The molecule has 0 radical (unpaired) electrons. The normalized spacial score (nSPS) is 13.9. The highest BCUT2D eigenvalue weighted by Gasteiger charge is 2.28. The van der Waals surface area contributed by atoms with Gasteiger partial charge in [0.1, 0.15) is 17.8 Å². The molecule has 1 saturated carbocycles. The number of anilines is 1. The van der Waals surface area contributed by atoms with Crippen molar-refractivity contribution in [3.63, 3.8) is 0 Å². The minimum Gasteiger partial charge on any atom is -0.493 e. The van der Waals surface area contributed by atoms with Crippen LogP contribution in [0.15, 0.2) is 59.3 Å². The van der Waals surface area contributed by atoms with E-state index in [2.05, 4.69) is 84.9 Å². The first kappa shape index (κ1) is 22.4. The van der Waals surface area contributed by atoms with Gasteiger partial charge in [-0.1, -0.05) is 0 Å². The van der Waals surface area contributed by atoms with E-state index in [4.69, 9.17) is 13.9 Å². The Kier molecular flexibility index (Phi) is 6.22. The fourth-order valence-corrected chi connectivity index (χ4v) is 4.71. The van der Waals surface area contributed by atoms with Crippen molar-refractivity contribution in [3.8, 4) is 22.8 Å². The quantitative estimate of drug-likeness (QED) is 0.286. The number of hydrogen-bond donors (Lipinski definition) is 0. The lowest BCUT2D eigenvalue weighted by atomic mass is 9.92. The van der Waals surface area contributed by atoms with Gasteiger partial charge in [-0.15, -0.1) is 0 Å². The van der Waals surface area contributed by atoms with Crippen molar-refractivity contribution in [2.24, 2.45) is 0 Å². The molecule has 2 aromatic heterocycles. The van der Waals surface area contributed by atoms with Gasteiger partial charge in [0.25, 0.3) is 0 Å². The van der Waals surface area contributed by atoms with E-state index in [1.54, 1.807) is 12.5 Å². The van der Waals surface area contributed by atoms with Gasteiger partial charge in [0, 0.05) is 37.2 Å². The maximum Gasteiger partial charge on any atom is 0.197 e. The van der Waals surface area contributed by atoms with Crippen molar-refractivity contribution in [2.45, 2.75) is 51.7 Å². The van der Waals surface area contributed by atoms with E-state index in [-0.39, 0.29) is 6.10 Å². The van der Waals surface area contributed by atoms with E-state index in [1.165, 1.54) is 47.1 Å². The molecule has 2 aromatic carbocycles. The average molecular weight is 460 g/mol. The van der Waals surface area contributed by atoms with Gasteiger partial charge < -0.3 is 23.4 Å². The molecule has 0 atom stereocenters. The highest BCUT2D eigenvalue weighted by Crippen LogP contribution is 2.47. The summed E-state index contributed by atoms with van der Waals surface area (Å²) in [6.07, 6.45) is 7.74. The van der Waals surface area contributed by atoms with Crippen LogP contribution in [-0.4, -0.2) is 36.4 Å². The summed E-state index contributed by atoms with van der Waals surface area (Å²) in [4.78, 5) is 6.41. The molecule has 0 unspecified atom stereocenters. The summed E-state index contributed by atoms with van der Waals surface area (Å²) in [6, 6.07) is 15.5. The highest BCUT2D eigenvalue weighted by atomic mass is 16.5. The van der Waals surface area contributed by atoms with E-state index < -0.39 is 0 Å². The first-order valence-corrected chi connectivity index (χ1v) is 12.1. The molecule has 0 bridgehead atoms. The van der Waals surface area contributed by atoms with E-state index in [0.29, 0.717) is 25.0 Å². The Morgan fingerprint density at radius 2 is 1.85 bits per heavy atom. The van der Waals surface area contributed by atoms with Crippen LogP contribution in [-0.2, 0) is 6.42 Å². The Bertz CT molecular complexity index is 1240. The smallest absolute Gasteiger partial charge is 0.197 e. The molecule has 6 nitrogen and oxygen atoms in total. The average Bonchev–Trinajstić information content (AvgIpc) is 3.39. The SMILES string of the molecule is CC(C)Oc1ccc(-c2c(N(C)C)c3ccc(OCCc4ncco4)cc3n2C2CCC2)cc1. The van der Waals surface area contributed by atoms with Crippen molar-refractivity contribution in [3.05, 3.63) is 60.8 Å². The lowest BCUT2D eigenvalue weighted by Gasteiger charge is -2.31. The lowest BCUT2D eigenvalue weighted by molar-refractivity contribution is 0.242. The third-order valence-corrected chi connectivity index (χ3v) is 6.40. The number of benzene rings is 2. The molecule has 0 saturated heterocycles. The molecule has 0 N–H and O–H groups in total. The second-order valence-corrected chi connectivity index (χ2v) is 9.44. The fraction of sp³-hybridized carbons (Fsp3) is 0.393. The summed E-state index contributed by atoms with van der Waals surface area (Å²) < 4.78 is 19.8. The Labute approximate surface area is 201 Å². The van der Waals surface area contributed by atoms with Crippen LogP contribution in [0.25, 0.3) is 22.2 Å². The molecule has 5 rings (SSSR count). The van der Waals surface area contributed by atoms with Crippen LogP contribution in [0.5, 0.6) is 11.5 Å². The molecule has 4 aromatic rings. The second-order valence-electron chi connectivity index (χ2n) is 9.44. The van der Waals surface area contributed by atoms with E-state index in [0.717, 1.165) is 11.5 Å². The molecule has 1 aliphatic rings. The molecule has 6 heteroatoms. The number of ether oxygens (including phenoxy) is 2. The van der Waals surface area contributed by atoms with Crippen molar-refractivity contribution >= 4 is 16.6 Å². The van der Waals surface area contributed by atoms with Crippen LogP contribution >= 0.6 is 0 Å². The molecule has 178 valence electrons. The van der Waals surface area contributed by atoms with Crippen LogP contribution in [0.1, 0.15) is 45.0 Å². The number of hydrogen-bond acceptors (Lipinski definition) is 5. The summed E-state index contributed by atoms with van der Waals surface area (Å²) in [5, 5.41) is 1.24. The van der Waals surface area contributed by atoms with Gasteiger partial charge in [-0.25, -0.2) is 4.98 Å². The third kappa shape index (κ3) is 4.37. The van der Waals surface area contributed by atoms with Gasteiger partial charge in [-0.3, -0.25) is 0 Å². The lowest BCUT2D eigenvalue weighted by Crippen LogP contribution is -2.18. The molecule has 0 aliphatic heterocycles. The maximum atomic E-state index is 6.10. The minimum atomic E-state index is 0.159. The van der Waals surface area contributed by atoms with E-state index in [9.17, 15) is 0 Å². The zero-order valence-electron chi connectivity index (χ0n) is 20.5. The molecule has 0 amide bonds. The summed E-state index contributed by atoms with van der Waals surface area (Å²) in [7, 11) is 4.25. The van der Waals surface area contributed by atoms with Crippen molar-refractivity contribution < 1.29 is 13.9 Å². The summed E-state index contributed by atoms with van der Waals surface area (Å²) in [6.45, 7) is 4.63. The standard InChI is InChI=1S/C28H33N3O3/c1-19(2)34-22-10-8-20(9-11-22)27-28(30(3)4)24-13-12-23(32-16-14-26-29-15-17-33-26)18-25(24)31(27)21-6-5-7-21/h8-13,15,17-19,21H,5-7,14,16H2,1-4H3. The molecule has 1 fully saturated rings. The topological polar surface area (TPSA) is 52.7 Å². The molecular formula is C28H33N3O3. The number of oxazole rings is 1. The van der Waals surface area contributed by atoms with Crippen LogP contribution in [0, 0.1) is 0 Å². The Morgan fingerprint density at radius 1 is 1.09 bits per heavy atom. The first-order chi connectivity index (χ1) is 16.5. The van der Waals surface area contributed by atoms with Crippen LogP contribution in [0.3, 0.4) is 0 Å². The Balaban J connectivity index is 1.55. The van der Waals surface area contributed by atoms with Crippen LogP contribution < -0.4 is 14.4 Å². The Hall–Kier alpha value is -3.41. The first-order valence-electron chi connectivity index (χ1n) is 12.1. The van der Waals surface area contributed by atoms with Gasteiger partial charge in [0.2, 0.25) is 0 Å². The van der Waals surface area contributed by atoms with E-state index in [1.807, 2.05) is 0 Å². The molecular weight excluding hydrogens is 426 g/mol. The molecule has 1 aliphatic carbocycles. The minimum absolute atomic E-state index is 0.159. The van der Waals surface area contributed by atoms with Gasteiger partial charge in [-0.05, 0) is 69.5 Å². The number of nitrogens with zero attached hydrogens (tertiary/aromatic N) is 3. The summed E-state index contributed by atoms with van der Waals surface area (Å²) in [5.41, 5.74) is 4.93. The summed E-state index contributed by atoms with van der Waals surface area (Å²) in [5.74, 6) is 2.47. The van der Waals surface area contributed by atoms with Gasteiger partial charge in [0.15, 0.2) is 5.89 Å². The summed E-state index contributed by atoms with van der Waals surface area (Å²) >= 11 is 0. The predicted molar refractivity (Wildman–Crippen MR) is 136 cm³/mol. The van der Waals surface area contributed by atoms with E-state index >= 15 is 0 Å². The molecule has 34 heavy (non-hydrogen) atoms. The number of fused-ring (bicyclic) bond motifs is 1. The highest BCUT2D eigenvalue weighted by molar-refractivity contribution is 6.03. The third-order valence-electron chi connectivity index (χ3n) is 6.40. The maximum absolute atomic E-state index is 6.10. The Morgan fingerprint density at radius 3 is 2.47 bits per heavy atom. The predicted octanol–water partition coefficient (Wildman–Crippen LogP) is 6.50. The monoisotopic (exact) mass is 459 g/mol. The number of rotatable bonds is 9. The second kappa shape index (κ2) is 9.45. The molecule has 2 heterocycles. The van der Waals surface area contributed by atoms with Crippen LogP contribution in [0.2, 0.25) is 0 Å². The van der Waals surface area contributed by atoms with Gasteiger partial charge in [-0.2, -0.15) is 0 Å². The fourth-order valence-electron chi connectivity index (χ4n) is 4.71. The van der Waals surface area contributed by atoms with Crippen molar-refractivity contribution in [1.82, 2.24) is 9.55 Å². The zero-order valence-corrected chi connectivity index (χ0v) is 20.5. The largest absolute Gasteiger partial charge is 0.493 e. The van der Waals surface area contributed by atoms with Gasteiger partial charge in [0.05, 0.1) is 42.2 Å². The van der Waals surface area contributed by atoms with Crippen LogP contribution in [0.4, 0.5) is 5.69 Å². The zero-order chi connectivity index (χ0) is 23.7. The van der Waals surface area contributed by atoms with Gasteiger partial charge >= 0.3 is 0 Å². The molecule has 0 spiro atoms. The van der Waals surface area contributed by atoms with Crippen molar-refractivity contribution in [1.29, 1.82) is 0 Å².